The molecule has 2 unspecified atom stereocenters. The minimum absolute atomic E-state index is 0.166. The summed E-state index contributed by atoms with van der Waals surface area (Å²) in [4.78, 5) is 2.08. The first-order valence-corrected chi connectivity index (χ1v) is 11.0. The highest BCUT2D eigenvalue weighted by Crippen LogP contribution is 2.58. The van der Waals surface area contributed by atoms with Gasteiger partial charge in [-0.05, 0) is 49.8 Å². The zero-order chi connectivity index (χ0) is 20.6. The van der Waals surface area contributed by atoms with Gasteiger partial charge in [-0.25, -0.2) is 13.3 Å². The van der Waals surface area contributed by atoms with Crippen LogP contribution in [0.4, 0.5) is 8.78 Å². The van der Waals surface area contributed by atoms with E-state index in [9.17, 15) is 13.3 Å². The van der Waals surface area contributed by atoms with E-state index in [1.807, 2.05) is 44.6 Å². The average molecular weight is 420 g/mol. The van der Waals surface area contributed by atoms with Crippen LogP contribution in [0, 0.1) is 11.6 Å². The Morgan fingerprint density at radius 1 is 1.17 bits per heavy atom. The van der Waals surface area contributed by atoms with Crippen LogP contribution in [0.25, 0.3) is 10.9 Å². The molecule has 0 amide bonds. The Labute approximate surface area is 168 Å². The van der Waals surface area contributed by atoms with Gasteiger partial charge in [-0.15, -0.1) is 0 Å². The Kier molecular flexibility index (Phi) is 5.58. The summed E-state index contributed by atoms with van der Waals surface area (Å²) in [6.45, 7) is 1.00. The second-order valence-corrected chi connectivity index (χ2v) is 9.29. The largest absolute Gasteiger partial charge is 0.439 e. The highest BCUT2D eigenvalue weighted by Gasteiger charge is 2.38. The predicted molar refractivity (Wildman–Crippen MR) is 108 cm³/mol. The van der Waals surface area contributed by atoms with E-state index in [-0.39, 0.29) is 6.61 Å². The van der Waals surface area contributed by atoms with Crippen LogP contribution in [0.3, 0.4) is 0 Å². The SMILES string of the molecule is CN(C)CCc1cn(P2(=O)OCCC(c3cc(F)cc(F)c3)O2)c2ccccc12. The van der Waals surface area contributed by atoms with Crippen LogP contribution >= 0.6 is 7.75 Å². The number of hydrogen-bond acceptors (Lipinski definition) is 4. The van der Waals surface area contributed by atoms with Crippen LogP contribution < -0.4 is 0 Å². The maximum absolute atomic E-state index is 13.7. The molecule has 1 aliphatic heterocycles. The van der Waals surface area contributed by atoms with Gasteiger partial charge in [-0.2, -0.15) is 0 Å². The van der Waals surface area contributed by atoms with Crippen LogP contribution in [-0.2, 0) is 20.0 Å². The molecule has 0 spiro atoms. The fourth-order valence-corrected chi connectivity index (χ4v) is 5.49. The summed E-state index contributed by atoms with van der Waals surface area (Å²) in [5.41, 5.74) is 2.10. The molecule has 3 aromatic rings. The molecular formula is C21H23F2N2O3P. The number of benzene rings is 2. The molecule has 2 atom stereocenters. The van der Waals surface area contributed by atoms with Gasteiger partial charge < -0.3 is 4.90 Å². The van der Waals surface area contributed by atoms with Crippen LogP contribution in [0.15, 0.2) is 48.7 Å². The number of rotatable bonds is 5. The molecule has 8 heteroatoms. The van der Waals surface area contributed by atoms with Gasteiger partial charge in [0.2, 0.25) is 0 Å². The van der Waals surface area contributed by atoms with Crippen molar-refractivity contribution in [1.82, 2.24) is 9.24 Å². The summed E-state index contributed by atoms with van der Waals surface area (Å²) in [5, 5.41) is 0.982. The molecule has 29 heavy (non-hydrogen) atoms. The predicted octanol–water partition coefficient (Wildman–Crippen LogP) is 5.16. The minimum Gasteiger partial charge on any atom is -0.309 e. The first-order valence-electron chi connectivity index (χ1n) is 9.49. The average Bonchev–Trinajstić information content (AvgIpc) is 3.05. The molecule has 0 N–H and O–H groups in total. The van der Waals surface area contributed by atoms with Gasteiger partial charge in [-0.1, -0.05) is 18.2 Å². The van der Waals surface area contributed by atoms with Gasteiger partial charge in [0.05, 0.1) is 18.2 Å². The third-order valence-corrected chi connectivity index (χ3v) is 6.91. The van der Waals surface area contributed by atoms with Crippen molar-refractivity contribution in [2.24, 2.45) is 0 Å². The van der Waals surface area contributed by atoms with Crippen LogP contribution in [0.1, 0.15) is 23.7 Å². The number of hydrogen-bond donors (Lipinski definition) is 0. The summed E-state index contributed by atoms with van der Waals surface area (Å²) in [5.74, 6) is -1.38. The quantitative estimate of drug-likeness (QED) is 0.535. The van der Waals surface area contributed by atoms with Crippen molar-refractivity contribution in [1.29, 1.82) is 0 Å². The number of aromatic nitrogens is 1. The Hall–Kier alpha value is -2.05. The summed E-state index contributed by atoms with van der Waals surface area (Å²) in [7, 11) is 0.263. The van der Waals surface area contributed by atoms with E-state index < -0.39 is 25.5 Å². The van der Waals surface area contributed by atoms with E-state index >= 15 is 0 Å². The summed E-state index contributed by atoms with van der Waals surface area (Å²) < 4.78 is 54.0. The van der Waals surface area contributed by atoms with Crippen LogP contribution in [0.5, 0.6) is 0 Å². The third-order valence-electron chi connectivity index (χ3n) is 5.02. The van der Waals surface area contributed by atoms with Crippen molar-refractivity contribution in [3.05, 3.63) is 71.4 Å². The topological polar surface area (TPSA) is 43.7 Å². The van der Waals surface area contributed by atoms with Gasteiger partial charge in [0.25, 0.3) is 0 Å². The molecule has 5 nitrogen and oxygen atoms in total. The van der Waals surface area contributed by atoms with Gasteiger partial charge >= 0.3 is 7.75 Å². The molecule has 0 radical (unpaired) electrons. The van der Waals surface area contributed by atoms with Gasteiger partial charge in [-0.3, -0.25) is 13.4 Å². The first kappa shape index (κ1) is 20.2. The van der Waals surface area contributed by atoms with E-state index in [4.69, 9.17) is 9.05 Å². The van der Waals surface area contributed by atoms with Crippen molar-refractivity contribution in [2.45, 2.75) is 18.9 Å². The fourth-order valence-electron chi connectivity index (χ4n) is 3.60. The third kappa shape index (κ3) is 4.14. The molecular weight excluding hydrogens is 397 g/mol. The van der Waals surface area contributed by atoms with Crippen LogP contribution in [0.2, 0.25) is 0 Å². The van der Waals surface area contributed by atoms with Gasteiger partial charge in [0.15, 0.2) is 0 Å². The molecule has 1 fully saturated rings. The molecule has 4 rings (SSSR count). The highest BCUT2D eigenvalue weighted by molar-refractivity contribution is 7.52. The van der Waals surface area contributed by atoms with Gasteiger partial charge in [0.1, 0.15) is 11.6 Å². The molecule has 1 aromatic heterocycles. The van der Waals surface area contributed by atoms with Crippen molar-refractivity contribution in [2.75, 3.05) is 27.2 Å². The second-order valence-electron chi connectivity index (χ2n) is 7.46. The minimum atomic E-state index is -3.73. The molecule has 2 aromatic carbocycles. The molecule has 154 valence electrons. The summed E-state index contributed by atoms with van der Waals surface area (Å²) >= 11 is 0. The van der Waals surface area contributed by atoms with Gasteiger partial charge in [0, 0.05) is 30.6 Å². The molecule has 0 saturated carbocycles. The fraction of sp³-hybridized carbons (Fsp3) is 0.333. The summed E-state index contributed by atoms with van der Waals surface area (Å²) in [6, 6.07) is 10.9. The Bertz CT molecular complexity index is 1060. The zero-order valence-electron chi connectivity index (χ0n) is 16.3. The van der Waals surface area contributed by atoms with Crippen molar-refractivity contribution >= 4 is 18.6 Å². The standard InChI is InChI=1S/C21H23F2N2O3P/c1-24(2)9-7-15-14-25(20-6-4-3-5-19(15)20)29(26)27-10-8-21(28-29)16-11-17(22)13-18(23)12-16/h3-6,11-14,21H,7-10H2,1-2H3. The Morgan fingerprint density at radius 2 is 1.90 bits per heavy atom. The second kappa shape index (κ2) is 8.00. The molecule has 0 aliphatic carbocycles. The number of halogens is 2. The lowest BCUT2D eigenvalue weighted by atomic mass is 10.1. The van der Waals surface area contributed by atoms with Crippen molar-refractivity contribution in [3.8, 4) is 0 Å². The van der Waals surface area contributed by atoms with E-state index in [0.29, 0.717) is 12.0 Å². The smallest absolute Gasteiger partial charge is 0.309 e. The zero-order valence-corrected chi connectivity index (χ0v) is 17.2. The molecule has 2 heterocycles. The van der Waals surface area contributed by atoms with E-state index in [2.05, 4.69) is 4.90 Å². The lowest BCUT2D eigenvalue weighted by molar-refractivity contribution is 0.0767. The first-order chi connectivity index (χ1) is 13.9. The highest BCUT2D eigenvalue weighted by atomic mass is 31.2. The number of nitrogens with zero attached hydrogens (tertiary/aromatic N) is 2. The molecule has 1 aliphatic rings. The Balaban J connectivity index is 1.71. The van der Waals surface area contributed by atoms with Crippen LogP contribution in [-0.4, -0.2) is 36.5 Å². The summed E-state index contributed by atoms with van der Waals surface area (Å²) in [6.07, 6.45) is 2.23. The molecule has 1 saturated heterocycles. The lowest BCUT2D eigenvalue weighted by Crippen LogP contribution is -2.17. The molecule has 0 bridgehead atoms. The number of likely N-dealkylation sites (N-methyl/N-ethyl adjacent to an activating group) is 1. The number of fused-ring (bicyclic) bond motifs is 1. The van der Waals surface area contributed by atoms with E-state index in [1.165, 1.54) is 12.1 Å². The van der Waals surface area contributed by atoms with E-state index in [0.717, 1.165) is 35.5 Å². The monoisotopic (exact) mass is 420 g/mol. The number of para-hydroxylation sites is 1. The van der Waals surface area contributed by atoms with Crippen molar-refractivity contribution in [3.63, 3.8) is 0 Å². The maximum atomic E-state index is 13.7. The maximum Gasteiger partial charge on any atom is 0.439 e. The van der Waals surface area contributed by atoms with Crippen molar-refractivity contribution < 1.29 is 22.4 Å². The van der Waals surface area contributed by atoms with E-state index in [1.54, 1.807) is 4.34 Å². The Morgan fingerprint density at radius 3 is 2.62 bits per heavy atom. The normalized spacial score (nSPS) is 22.4. The lowest BCUT2D eigenvalue weighted by Gasteiger charge is -2.30.